The molecule has 0 amide bonds. The molecule has 11 heteroatoms. The van der Waals surface area contributed by atoms with E-state index in [0.29, 0.717) is 0 Å². The van der Waals surface area contributed by atoms with Gasteiger partial charge in [0.15, 0.2) is 0 Å². The normalized spacial score (nSPS) is 11.1. The third-order valence-electron chi connectivity index (χ3n) is 11.2. The van der Waals surface area contributed by atoms with Crippen molar-refractivity contribution in [2.75, 3.05) is 0 Å². The van der Waals surface area contributed by atoms with E-state index >= 15 is 0 Å². The number of fused-ring (bicyclic) bond motifs is 6. The zero-order valence-electron chi connectivity index (χ0n) is 37.3. The molecular weight excluding hydrogens is 897 g/mol. The third-order valence-corrected chi connectivity index (χ3v) is 11.7. The van der Waals surface area contributed by atoms with Gasteiger partial charge in [0.2, 0.25) is 0 Å². The third kappa shape index (κ3) is 9.18. The Morgan fingerprint density at radius 2 is 0.970 bits per heavy atom. The number of ether oxygens (including phenoxy) is 2. The zero-order chi connectivity index (χ0) is 45.9. The van der Waals surface area contributed by atoms with E-state index in [1.165, 1.54) is 21.5 Å². The van der Waals surface area contributed by atoms with Crippen molar-refractivity contribution < 1.29 is 9.47 Å². The molecule has 0 aliphatic carbocycles. The molecular formula is C56H45BrN8O2. The van der Waals surface area contributed by atoms with Crippen LogP contribution in [0.15, 0.2) is 199 Å². The lowest BCUT2D eigenvalue weighted by Gasteiger charge is -2.10. The predicted octanol–water partition coefficient (Wildman–Crippen LogP) is 14.5. The Hall–Kier alpha value is -8.28. The second-order valence-corrected chi connectivity index (χ2v) is 16.9. The first-order chi connectivity index (χ1) is 32.7. The van der Waals surface area contributed by atoms with Gasteiger partial charge in [-0.3, -0.25) is 4.57 Å². The molecule has 6 aromatic carbocycles. The molecule has 328 valence electrons. The Balaban J connectivity index is 0.000000139. The number of nitrogens with zero attached hydrogens (tertiary/aromatic N) is 7. The van der Waals surface area contributed by atoms with Gasteiger partial charge in [0, 0.05) is 75.1 Å². The maximum atomic E-state index is 6.31. The van der Waals surface area contributed by atoms with Crippen LogP contribution in [0.3, 0.4) is 0 Å². The Labute approximate surface area is 395 Å². The lowest BCUT2D eigenvalue weighted by atomic mass is 10.1. The van der Waals surface area contributed by atoms with Gasteiger partial charge in [-0.1, -0.05) is 60.7 Å². The molecule has 0 aliphatic rings. The highest BCUT2D eigenvalue weighted by molar-refractivity contribution is 9.10. The van der Waals surface area contributed by atoms with Crippen LogP contribution in [0.5, 0.6) is 23.0 Å². The van der Waals surface area contributed by atoms with Crippen LogP contribution in [0, 0.1) is 27.7 Å². The fourth-order valence-electron chi connectivity index (χ4n) is 8.40. The molecule has 0 fully saturated rings. The van der Waals surface area contributed by atoms with Crippen LogP contribution in [-0.2, 0) is 0 Å². The number of para-hydroxylation sites is 2. The Morgan fingerprint density at radius 3 is 1.55 bits per heavy atom. The van der Waals surface area contributed by atoms with Crippen molar-refractivity contribution >= 4 is 59.5 Å². The minimum atomic E-state index is 0.764. The van der Waals surface area contributed by atoms with Gasteiger partial charge in [-0.05, 0) is 141 Å². The molecule has 0 radical (unpaired) electrons. The smallest absolute Gasteiger partial charge is 0.137 e. The molecule has 10 nitrogen and oxygen atoms in total. The van der Waals surface area contributed by atoms with E-state index in [1.807, 2.05) is 139 Å². The second-order valence-electron chi connectivity index (χ2n) is 16.1. The number of H-pyrrole nitrogens is 1. The van der Waals surface area contributed by atoms with Gasteiger partial charge in [0.05, 0.1) is 39.3 Å². The number of aromatic nitrogens is 8. The minimum absolute atomic E-state index is 0.764. The Morgan fingerprint density at radius 1 is 0.433 bits per heavy atom. The summed E-state index contributed by atoms with van der Waals surface area (Å²) >= 11 is 3.20. The van der Waals surface area contributed by atoms with Crippen molar-refractivity contribution in [2.45, 2.75) is 27.7 Å². The summed E-state index contributed by atoms with van der Waals surface area (Å²) < 4.78 is 19.4. The van der Waals surface area contributed by atoms with Crippen LogP contribution in [0.2, 0.25) is 0 Å². The first kappa shape index (κ1) is 42.7. The van der Waals surface area contributed by atoms with E-state index in [4.69, 9.17) is 9.47 Å². The topological polar surface area (TPSA) is 101 Å². The standard InChI is InChI=1S/C28H22N4O.C23H19N3O.C5H4BrN/c1-19-16-20(2)32(30-19)21-8-7-9-22(17-21)33-23-13-14-25-24-10-3-4-11-26(24)31(27(25)18-23)28-12-5-6-15-29-28;1-15-12-16(2)26(25-15)17-6-5-7-18(13-17)27-19-10-11-21-20-8-3-4-9-22(20)24-23(21)14-19;6-5-3-1-2-4-7-5/h3-18H,1-2H3;3-14,24H,1-2H3;1-4H. The summed E-state index contributed by atoms with van der Waals surface area (Å²) in [6.45, 7) is 8.11. The summed E-state index contributed by atoms with van der Waals surface area (Å²) in [7, 11) is 0. The van der Waals surface area contributed by atoms with E-state index in [9.17, 15) is 0 Å². The molecule has 6 aromatic heterocycles. The largest absolute Gasteiger partial charge is 0.457 e. The Kier molecular flexibility index (Phi) is 11.9. The highest BCUT2D eigenvalue weighted by atomic mass is 79.9. The fourth-order valence-corrected chi connectivity index (χ4v) is 8.67. The molecule has 0 saturated heterocycles. The van der Waals surface area contributed by atoms with Crippen LogP contribution < -0.4 is 9.47 Å². The zero-order valence-corrected chi connectivity index (χ0v) is 38.9. The minimum Gasteiger partial charge on any atom is -0.457 e. The van der Waals surface area contributed by atoms with Crippen LogP contribution in [0.1, 0.15) is 22.8 Å². The van der Waals surface area contributed by atoms with Crippen LogP contribution in [0.4, 0.5) is 0 Å². The lowest BCUT2D eigenvalue weighted by molar-refractivity contribution is 0.482. The van der Waals surface area contributed by atoms with Gasteiger partial charge in [0.1, 0.15) is 33.4 Å². The van der Waals surface area contributed by atoms with Gasteiger partial charge in [-0.15, -0.1) is 0 Å². The number of nitrogens with one attached hydrogen (secondary N) is 1. The number of rotatable bonds is 7. The average Bonchev–Trinajstić information content (AvgIpc) is 4.09. The number of pyridine rings is 2. The van der Waals surface area contributed by atoms with Crippen molar-refractivity contribution in [1.29, 1.82) is 0 Å². The van der Waals surface area contributed by atoms with E-state index in [0.717, 1.165) is 89.6 Å². The van der Waals surface area contributed by atoms with Crippen LogP contribution in [0.25, 0.3) is 60.8 Å². The molecule has 12 rings (SSSR count). The first-order valence-electron chi connectivity index (χ1n) is 21.9. The second kappa shape index (κ2) is 18.7. The van der Waals surface area contributed by atoms with E-state index < -0.39 is 0 Å². The quantitative estimate of drug-likeness (QED) is 0.160. The number of benzene rings is 6. The molecule has 0 atom stereocenters. The molecule has 0 saturated carbocycles. The molecule has 6 heterocycles. The van der Waals surface area contributed by atoms with Gasteiger partial charge in [-0.25, -0.2) is 19.3 Å². The van der Waals surface area contributed by atoms with Crippen molar-refractivity contribution in [1.82, 2.24) is 39.1 Å². The summed E-state index contributed by atoms with van der Waals surface area (Å²) in [5, 5.41) is 13.9. The molecule has 0 unspecified atom stereocenters. The summed E-state index contributed by atoms with van der Waals surface area (Å²) in [5.41, 5.74) is 10.5. The van der Waals surface area contributed by atoms with E-state index in [-0.39, 0.29) is 0 Å². The molecule has 0 aliphatic heterocycles. The molecule has 67 heavy (non-hydrogen) atoms. The number of hydrogen-bond donors (Lipinski definition) is 1. The van der Waals surface area contributed by atoms with Crippen molar-refractivity contribution in [3.05, 3.63) is 222 Å². The fraction of sp³-hybridized carbons (Fsp3) is 0.0714. The van der Waals surface area contributed by atoms with Crippen molar-refractivity contribution in [3.63, 3.8) is 0 Å². The van der Waals surface area contributed by atoms with E-state index in [1.54, 1.807) is 6.20 Å². The lowest BCUT2D eigenvalue weighted by Crippen LogP contribution is -1.99. The number of aromatic amines is 1. The first-order valence-corrected chi connectivity index (χ1v) is 22.7. The highest BCUT2D eigenvalue weighted by Crippen LogP contribution is 2.36. The number of aryl methyl sites for hydroxylation is 4. The predicted molar refractivity (Wildman–Crippen MR) is 273 cm³/mol. The monoisotopic (exact) mass is 940 g/mol. The number of halogens is 1. The highest BCUT2D eigenvalue weighted by Gasteiger charge is 2.15. The summed E-state index contributed by atoms with van der Waals surface area (Å²) in [4.78, 5) is 12.0. The van der Waals surface area contributed by atoms with Crippen molar-refractivity contribution in [2.24, 2.45) is 0 Å². The van der Waals surface area contributed by atoms with E-state index in [2.05, 4.69) is 132 Å². The molecule has 1 N–H and O–H groups in total. The maximum absolute atomic E-state index is 6.31. The maximum Gasteiger partial charge on any atom is 0.137 e. The van der Waals surface area contributed by atoms with Crippen LogP contribution in [-0.4, -0.2) is 39.1 Å². The van der Waals surface area contributed by atoms with Gasteiger partial charge in [-0.2, -0.15) is 10.2 Å². The summed E-state index contributed by atoms with van der Waals surface area (Å²) in [6.07, 6.45) is 3.56. The van der Waals surface area contributed by atoms with Crippen molar-refractivity contribution in [3.8, 4) is 40.2 Å². The SMILES string of the molecule is Brc1ccccn1.Cc1cc(C)n(-c2cccc(Oc3ccc4c(c3)[nH]c3ccccc34)c2)n1.Cc1cc(C)n(-c2cccc(Oc3ccc4c5ccccc5n(-c5ccccn5)c4c3)c2)n1. The molecule has 12 aromatic rings. The molecule has 0 bridgehead atoms. The van der Waals surface area contributed by atoms with Crippen LogP contribution >= 0.6 is 15.9 Å². The van der Waals surface area contributed by atoms with Gasteiger partial charge in [0.25, 0.3) is 0 Å². The van der Waals surface area contributed by atoms with Gasteiger partial charge >= 0.3 is 0 Å². The summed E-state index contributed by atoms with van der Waals surface area (Å²) in [6, 6.07) is 60.9. The summed E-state index contributed by atoms with van der Waals surface area (Å²) in [5.74, 6) is 4.01. The molecule has 0 spiro atoms. The number of hydrogen-bond acceptors (Lipinski definition) is 6. The average molecular weight is 942 g/mol. The van der Waals surface area contributed by atoms with Gasteiger partial charge < -0.3 is 14.5 Å². The Bertz CT molecular complexity index is 3670.